The van der Waals surface area contributed by atoms with E-state index in [1.165, 1.54) is 6.20 Å². The quantitative estimate of drug-likeness (QED) is 0.801. The van der Waals surface area contributed by atoms with E-state index in [0.717, 1.165) is 17.7 Å². The van der Waals surface area contributed by atoms with E-state index in [1.807, 2.05) is 30.3 Å². The SMILES string of the molecule is CCCOc1ccc(-c2ncc(C#N)c(Cl)n2)cc1. The molecule has 1 heterocycles. The number of rotatable bonds is 4. The van der Waals surface area contributed by atoms with E-state index in [-0.39, 0.29) is 10.7 Å². The molecule has 0 saturated carbocycles. The van der Waals surface area contributed by atoms with E-state index in [0.29, 0.717) is 12.4 Å². The number of nitriles is 1. The highest BCUT2D eigenvalue weighted by molar-refractivity contribution is 6.30. The molecule has 1 aromatic heterocycles. The summed E-state index contributed by atoms with van der Waals surface area (Å²) >= 11 is 5.88. The molecule has 0 aliphatic heterocycles. The van der Waals surface area contributed by atoms with E-state index in [9.17, 15) is 0 Å². The third kappa shape index (κ3) is 3.21. The molecular formula is C14H12ClN3O. The van der Waals surface area contributed by atoms with Crippen LogP contribution >= 0.6 is 11.6 Å². The predicted octanol–water partition coefficient (Wildman–Crippen LogP) is 3.46. The fraction of sp³-hybridized carbons (Fsp3) is 0.214. The van der Waals surface area contributed by atoms with Gasteiger partial charge in [0.2, 0.25) is 0 Å². The van der Waals surface area contributed by atoms with E-state index < -0.39 is 0 Å². The Morgan fingerprint density at radius 1 is 1.32 bits per heavy atom. The van der Waals surface area contributed by atoms with Crippen molar-refractivity contribution in [2.24, 2.45) is 0 Å². The lowest BCUT2D eigenvalue weighted by Gasteiger charge is -2.05. The minimum absolute atomic E-state index is 0.166. The van der Waals surface area contributed by atoms with Gasteiger partial charge in [0.15, 0.2) is 11.0 Å². The summed E-state index contributed by atoms with van der Waals surface area (Å²) in [6, 6.07) is 9.38. The third-order valence-corrected chi connectivity index (χ3v) is 2.74. The zero-order chi connectivity index (χ0) is 13.7. The molecule has 0 atom stereocenters. The molecule has 2 rings (SSSR count). The van der Waals surface area contributed by atoms with Gasteiger partial charge in [0, 0.05) is 5.56 Å². The van der Waals surface area contributed by atoms with Crippen molar-refractivity contribution in [2.75, 3.05) is 6.61 Å². The molecule has 5 heteroatoms. The summed E-state index contributed by atoms with van der Waals surface area (Å²) in [4.78, 5) is 8.21. The van der Waals surface area contributed by atoms with Gasteiger partial charge >= 0.3 is 0 Å². The van der Waals surface area contributed by atoms with Gasteiger partial charge in [-0.3, -0.25) is 0 Å². The Kier molecular flexibility index (Phi) is 4.32. The standard InChI is InChI=1S/C14H12ClN3O/c1-2-7-19-12-5-3-10(4-6-12)14-17-9-11(8-16)13(15)18-14/h3-6,9H,2,7H2,1H3. The van der Waals surface area contributed by atoms with Gasteiger partial charge in [-0.2, -0.15) is 5.26 Å². The minimum atomic E-state index is 0.166. The molecule has 0 spiro atoms. The third-order valence-electron chi connectivity index (χ3n) is 2.45. The van der Waals surface area contributed by atoms with Crippen LogP contribution < -0.4 is 4.74 Å². The van der Waals surface area contributed by atoms with Crippen molar-refractivity contribution < 1.29 is 4.74 Å². The zero-order valence-electron chi connectivity index (χ0n) is 10.4. The molecule has 0 unspecified atom stereocenters. The maximum Gasteiger partial charge on any atom is 0.160 e. The van der Waals surface area contributed by atoms with Crippen LogP contribution in [0, 0.1) is 11.3 Å². The largest absolute Gasteiger partial charge is 0.494 e. The summed E-state index contributed by atoms with van der Waals surface area (Å²) in [5.74, 6) is 1.30. The summed E-state index contributed by atoms with van der Waals surface area (Å²) in [6.07, 6.45) is 2.39. The number of hydrogen-bond donors (Lipinski definition) is 0. The van der Waals surface area contributed by atoms with Crippen LogP contribution in [0.25, 0.3) is 11.4 Å². The Hall–Kier alpha value is -2.12. The summed E-state index contributed by atoms with van der Waals surface area (Å²) in [5, 5.41) is 8.93. The first-order valence-corrected chi connectivity index (χ1v) is 6.28. The van der Waals surface area contributed by atoms with Crippen molar-refractivity contribution >= 4 is 11.6 Å². The van der Waals surface area contributed by atoms with Crippen LogP contribution in [0.3, 0.4) is 0 Å². The van der Waals surface area contributed by atoms with Gasteiger partial charge in [0.05, 0.1) is 12.8 Å². The fourth-order valence-electron chi connectivity index (χ4n) is 1.50. The van der Waals surface area contributed by atoms with Crippen LogP contribution in [0.1, 0.15) is 18.9 Å². The monoisotopic (exact) mass is 273 g/mol. The van der Waals surface area contributed by atoms with Crippen LogP contribution in [0.4, 0.5) is 0 Å². The predicted molar refractivity (Wildman–Crippen MR) is 73.0 cm³/mol. The van der Waals surface area contributed by atoms with Gasteiger partial charge in [-0.05, 0) is 30.7 Å². The average Bonchev–Trinajstić information content (AvgIpc) is 2.45. The number of hydrogen-bond acceptors (Lipinski definition) is 4. The zero-order valence-corrected chi connectivity index (χ0v) is 11.2. The van der Waals surface area contributed by atoms with Crippen molar-refractivity contribution in [3.63, 3.8) is 0 Å². The Balaban J connectivity index is 2.22. The molecule has 0 bridgehead atoms. The second kappa shape index (κ2) is 6.17. The topological polar surface area (TPSA) is 58.8 Å². The lowest BCUT2D eigenvalue weighted by Crippen LogP contribution is -1.95. The molecule has 0 amide bonds. The highest BCUT2D eigenvalue weighted by Gasteiger charge is 2.06. The number of halogens is 1. The molecule has 2 aromatic rings. The van der Waals surface area contributed by atoms with Crippen LogP contribution in [0.15, 0.2) is 30.5 Å². The fourth-order valence-corrected chi connectivity index (χ4v) is 1.67. The maximum atomic E-state index is 8.77. The number of aromatic nitrogens is 2. The van der Waals surface area contributed by atoms with Crippen molar-refractivity contribution in [3.8, 4) is 23.2 Å². The molecule has 0 N–H and O–H groups in total. The van der Waals surface area contributed by atoms with E-state index in [4.69, 9.17) is 21.6 Å². The first-order chi connectivity index (χ1) is 9.24. The highest BCUT2D eigenvalue weighted by Crippen LogP contribution is 2.21. The summed E-state index contributed by atoms with van der Waals surface area (Å²) in [5.41, 5.74) is 1.10. The van der Waals surface area contributed by atoms with Crippen LogP contribution in [-0.4, -0.2) is 16.6 Å². The van der Waals surface area contributed by atoms with Gasteiger partial charge in [0.1, 0.15) is 17.4 Å². The normalized spacial score (nSPS) is 9.95. The molecule has 0 radical (unpaired) electrons. The second-order valence-corrected chi connectivity index (χ2v) is 4.24. The van der Waals surface area contributed by atoms with Crippen LogP contribution in [0.2, 0.25) is 5.15 Å². The summed E-state index contributed by atoms with van der Waals surface area (Å²) in [6.45, 7) is 2.75. The van der Waals surface area contributed by atoms with E-state index in [2.05, 4.69) is 16.9 Å². The van der Waals surface area contributed by atoms with E-state index in [1.54, 1.807) is 0 Å². The second-order valence-electron chi connectivity index (χ2n) is 3.88. The number of benzene rings is 1. The highest BCUT2D eigenvalue weighted by atomic mass is 35.5. The molecule has 19 heavy (non-hydrogen) atoms. The smallest absolute Gasteiger partial charge is 0.160 e. The molecule has 0 aliphatic carbocycles. The van der Waals surface area contributed by atoms with Crippen molar-refractivity contribution in [1.29, 1.82) is 5.26 Å². The van der Waals surface area contributed by atoms with Crippen LogP contribution in [0.5, 0.6) is 5.75 Å². The number of ether oxygens (including phenoxy) is 1. The molecule has 96 valence electrons. The van der Waals surface area contributed by atoms with Gasteiger partial charge in [-0.25, -0.2) is 9.97 Å². The molecule has 4 nitrogen and oxygen atoms in total. The molecule has 1 aromatic carbocycles. The molecule has 0 saturated heterocycles. The maximum absolute atomic E-state index is 8.77. The lowest BCUT2D eigenvalue weighted by molar-refractivity contribution is 0.317. The summed E-state index contributed by atoms with van der Waals surface area (Å²) < 4.78 is 5.50. The minimum Gasteiger partial charge on any atom is -0.494 e. The van der Waals surface area contributed by atoms with Crippen molar-refractivity contribution in [3.05, 3.63) is 41.2 Å². The average molecular weight is 274 g/mol. The van der Waals surface area contributed by atoms with Gasteiger partial charge < -0.3 is 4.74 Å². The Morgan fingerprint density at radius 2 is 2.05 bits per heavy atom. The Morgan fingerprint density at radius 3 is 2.63 bits per heavy atom. The van der Waals surface area contributed by atoms with Crippen LogP contribution in [-0.2, 0) is 0 Å². The van der Waals surface area contributed by atoms with Gasteiger partial charge in [0.25, 0.3) is 0 Å². The van der Waals surface area contributed by atoms with Gasteiger partial charge in [-0.15, -0.1) is 0 Å². The lowest BCUT2D eigenvalue weighted by atomic mass is 10.2. The van der Waals surface area contributed by atoms with Gasteiger partial charge in [-0.1, -0.05) is 18.5 Å². The first-order valence-electron chi connectivity index (χ1n) is 5.90. The first kappa shape index (κ1) is 13.3. The molecule has 0 aliphatic rings. The van der Waals surface area contributed by atoms with E-state index >= 15 is 0 Å². The van der Waals surface area contributed by atoms with Crippen molar-refractivity contribution in [2.45, 2.75) is 13.3 Å². The summed E-state index contributed by atoms with van der Waals surface area (Å²) in [7, 11) is 0. The Labute approximate surface area is 116 Å². The molecular weight excluding hydrogens is 262 g/mol. The van der Waals surface area contributed by atoms with Crippen molar-refractivity contribution in [1.82, 2.24) is 9.97 Å². The number of nitrogens with zero attached hydrogens (tertiary/aromatic N) is 3. The molecule has 0 fully saturated rings. The Bertz CT molecular complexity index is 605.